The van der Waals surface area contributed by atoms with Crippen LogP contribution < -0.4 is 11.2 Å². The monoisotopic (exact) mass is 202 g/mol. The van der Waals surface area contributed by atoms with Gasteiger partial charge in [-0.05, 0) is 12.8 Å². The molecule has 1 saturated heterocycles. The number of rotatable bonds is 4. The van der Waals surface area contributed by atoms with Crippen LogP contribution in [0.4, 0.5) is 0 Å². The molecule has 0 spiro atoms. The van der Waals surface area contributed by atoms with Crippen LogP contribution in [0.25, 0.3) is 0 Å². The van der Waals surface area contributed by atoms with Crippen LogP contribution in [0.2, 0.25) is 0 Å². The molecule has 0 aromatic heterocycles. The Hall–Kier alpha value is -1.14. The maximum Gasteiger partial charge on any atom is 0.248 e. The topological polar surface area (TPSA) is 90.7 Å². The fourth-order valence-electron chi connectivity index (χ4n) is 1.21. The predicted molar refractivity (Wildman–Crippen MR) is 46.8 cm³/mol. The fourth-order valence-corrected chi connectivity index (χ4v) is 1.21. The first kappa shape index (κ1) is 10.9. The van der Waals surface area contributed by atoms with Gasteiger partial charge in [0.1, 0.15) is 0 Å². The van der Waals surface area contributed by atoms with Gasteiger partial charge < -0.3 is 10.5 Å². The third kappa shape index (κ3) is 3.71. The molecule has 0 radical (unpaired) electrons. The Labute approximate surface area is 81.7 Å². The number of nitrogens with one attached hydrogen (secondary N) is 1. The quantitative estimate of drug-likeness (QED) is 0.569. The van der Waals surface area contributed by atoms with Crippen molar-refractivity contribution < 1.29 is 19.2 Å². The molecular formula is C8H14N2O4. The van der Waals surface area contributed by atoms with E-state index in [1.54, 1.807) is 0 Å². The highest BCUT2D eigenvalue weighted by Gasteiger charge is 2.21. The van der Waals surface area contributed by atoms with Crippen molar-refractivity contribution in [2.75, 3.05) is 19.8 Å². The predicted octanol–water partition coefficient (Wildman–Crippen LogP) is -1.05. The van der Waals surface area contributed by atoms with Crippen LogP contribution in [0.5, 0.6) is 0 Å². The minimum atomic E-state index is -0.620. The second kappa shape index (κ2) is 5.56. The number of nitrogens with two attached hydrogens (primary N) is 1. The Bertz CT molecular complexity index is 213. The summed E-state index contributed by atoms with van der Waals surface area (Å²) in [5.74, 6) is -1.06. The highest BCUT2D eigenvalue weighted by atomic mass is 16.7. The summed E-state index contributed by atoms with van der Waals surface area (Å²) in [6, 6.07) is 0. The van der Waals surface area contributed by atoms with Gasteiger partial charge in [-0.15, -0.1) is 0 Å². The summed E-state index contributed by atoms with van der Waals surface area (Å²) >= 11 is 0. The van der Waals surface area contributed by atoms with Crippen molar-refractivity contribution in [3.8, 4) is 0 Å². The Morgan fingerprint density at radius 3 is 2.93 bits per heavy atom. The summed E-state index contributed by atoms with van der Waals surface area (Å²) in [5.41, 5.74) is 6.98. The molecule has 2 amide bonds. The summed E-state index contributed by atoms with van der Waals surface area (Å²) in [6.45, 7) is 0.803. The van der Waals surface area contributed by atoms with Gasteiger partial charge >= 0.3 is 0 Å². The lowest BCUT2D eigenvalue weighted by molar-refractivity contribution is -0.144. The summed E-state index contributed by atoms with van der Waals surface area (Å²) in [7, 11) is 0. The Morgan fingerprint density at radius 1 is 1.57 bits per heavy atom. The van der Waals surface area contributed by atoms with Crippen molar-refractivity contribution in [3.63, 3.8) is 0 Å². The molecule has 0 bridgehead atoms. The van der Waals surface area contributed by atoms with Crippen LogP contribution in [-0.4, -0.2) is 31.6 Å². The third-order valence-electron chi connectivity index (χ3n) is 1.92. The van der Waals surface area contributed by atoms with Gasteiger partial charge in [-0.3, -0.25) is 14.4 Å². The summed E-state index contributed by atoms with van der Waals surface area (Å²) < 4.78 is 5.12. The van der Waals surface area contributed by atoms with Gasteiger partial charge in [0, 0.05) is 6.61 Å². The van der Waals surface area contributed by atoms with Gasteiger partial charge in [-0.25, -0.2) is 5.48 Å². The number of carbonyl (C=O) groups is 2. The van der Waals surface area contributed by atoms with Gasteiger partial charge in [0.2, 0.25) is 11.8 Å². The molecule has 1 heterocycles. The lowest BCUT2D eigenvalue weighted by Gasteiger charge is -2.20. The number of hydrogen-bond donors (Lipinski definition) is 2. The molecule has 0 aromatic rings. The van der Waals surface area contributed by atoms with Crippen LogP contribution in [0, 0.1) is 5.92 Å². The molecule has 0 aromatic carbocycles. The van der Waals surface area contributed by atoms with Gasteiger partial charge in [0.25, 0.3) is 0 Å². The van der Waals surface area contributed by atoms with Crippen molar-refractivity contribution in [1.82, 2.24) is 5.48 Å². The van der Waals surface area contributed by atoms with Crippen molar-refractivity contribution in [1.29, 1.82) is 0 Å². The van der Waals surface area contributed by atoms with E-state index in [-0.39, 0.29) is 18.4 Å². The number of ether oxygens (including phenoxy) is 1. The SMILES string of the molecule is NC(=O)CONC(=O)C1CCCOC1. The molecule has 3 N–H and O–H groups in total. The molecular weight excluding hydrogens is 188 g/mol. The number of primary amides is 1. The maximum atomic E-state index is 11.3. The van der Waals surface area contributed by atoms with Crippen molar-refractivity contribution in [2.45, 2.75) is 12.8 Å². The number of carbonyl (C=O) groups excluding carboxylic acids is 2. The van der Waals surface area contributed by atoms with E-state index in [0.717, 1.165) is 12.8 Å². The van der Waals surface area contributed by atoms with E-state index >= 15 is 0 Å². The molecule has 14 heavy (non-hydrogen) atoms. The van der Waals surface area contributed by atoms with E-state index in [9.17, 15) is 9.59 Å². The zero-order chi connectivity index (χ0) is 10.4. The Morgan fingerprint density at radius 2 is 2.36 bits per heavy atom. The molecule has 6 nitrogen and oxygen atoms in total. The largest absolute Gasteiger partial charge is 0.381 e. The van der Waals surface area contributed by atoms with Crippen molar-refractivity contribution in [2.24, 2.45) is 11.7 Å². The summed E-state index contributed by atoms with van der Waals surface area (Å²) in [6.07, 6.45) is 1.65. The standard InChI is InChI=1S/C8H14N2O4/c9-7(11)5-14-10-8(12)6-2-1-3-13-4-6/h6H,1-5H2,(H2,9,11)(H,10,12). The minimum Gasteiger partial charge on any atom is -0.381 e. The van der Waals surface area contributed by atoms with E-state index in [0.29, 0.717) is 13.2 Å². The average molecular weight is 202 g/mol. The fraction of sp³-hybridized carbons (Fsp3) is 0.750. The zero-order valence-electron chi connectivity index (χ0n) is 7.82. The molecule has 0 aliphatic carbocycles. The van der Waals surface area contributed by atoms with E-state index < -0.39 is 5.91 Å². The maximum absolute atomic E-state index is 11.3. The first-order valence-electron chi connectivity index (χ1n) is 4.48. The highest BCUT2D eigenvalue weighted by molar-refractivity contribution is 5.78. The Balaban J connectivity index is 2.16. The van der Waals surface area contributed by atoms with Crippen LogP contribution in [0.15, 0.2) is 0 Å². The lowest BCUT2D eigenvalue weighted by atomic mass is 10.0. The van der Waals surface area contributed by atoms with Crippen LogP contribution in [0.1, 0.15) is 12.8 Å². The normalized spacial score (nSPS) is 21.6. The number of hydroxylamine groups is 1. The molecule has 80 valence electrons. The van der Waals surface area contributed by atoms with Gasteiger partial charge in [-0.2, -0.15) is 0 Å². The van der Waals surface area contributed by atoms with Crippen molar-refractivity contribution in [3.05, 3.63) is 0 Å². The highest BCUT2D eigenvalue weighted by Crippen LogP contribution is 2.13. The molecule has 0 saturated carbocycles. The van der Waals surface area contributed by atoms with Gasteiger partial charge in [0.15, 0.2) is 6.61 Å². The van der Waals surface area contributed by atoms with Crippen molar-refractivity contribution >= 4 is 11.8 Å². The smallest absolute Gasteiger partial charge is 0.248 e. The second-order valence-corrected chi connectivity index (χ2v) is 3.14. The van der Waals surface area contributed by atoms with Gasteiger partial charge in [-0.1, -0.05) is 0 Å². The lowest BCUT2D eigenvalue weighted by Crippen LogP contribution is -2.37. The molecule has 1 aliphatic rings. The first-order chi connectivity index (χ1) is 6.70. The Kier molecular flexibility index (Phi) is 4.34. The molecule has 1 atom stereocenters. The van der Waals surface area contributed by atoms with E-state index in [4.69, 9.17) is 10.5 Å². The molecule has 1 fully saturated rings. The van der Waals surface area contributed by atoms with E-state index in [2.05, 4.69) is 10.3 Å². The van der Waals surface area contributed by atoms with Crippen LogP contribution in [-0.2, 0) is 19.2 Å². The first-order valence-corrected chi connectivity index (χ1v) is 4.48. The van der Waals surface area contributed by atoms with Crippen LogP contribution in [0.3, 0.4) is 0 Å². The minimum absolute atomic E-state index is 0.184. The average Bonchev–Trinajstić information content (AvgIpc) is 2.18. The molecule has 1 aliphatic heterocycles. The molecule has 6 heteroatoms. The molecule has 1 unspecified atom stereocenters. The van der Waals surface area contributed by atoms with E-state index in [1.807, 2.05) is 0 Å². The summed E-state index contributed by atoms with van der Waals surface area (Å²) in [5, 5.41) is 0. The zero-order valence-corrected chi connectivity index (χ0v) is 7.82. The number of hydrogen-bond acceptors (Lipinski definition) is 4. The summed E-state index contributed by atoms with van der Waals surface area (Å²) in [4.78, 5) is 26.2. The van der Waals surface area contributed by atoms with Gasteiger partial charge in [0.05, 0.1) is 12.5 Å². The van der Waals surface area contributed by atoms with Crippen LogP contribution >= 0.6 is 0 Å². The third-order valence-corrected chi connectivity index (χ3v) is 1.92. The van der Waals surface area contributed by atoms with E-state index in [1.165, 1.54) is 0 Å². The number of amides is 2. The second-order valence-electron chi connectivity index (χ2n) is 3.14. The molecule has 1 rings (SSSR count).